The minimum Gasteiger partial charge on any atom is -0.488 e. The third kappa shape index (κ3) is 11.1. The average Bonchev–Trinajstić information content (AvgIpc) is 2.85. The molecule has 0 bridgehead atoms. The smallest absolute Gasteiger partial charge is 0.328 e. The second kappa shape index (κ2) is 15.4. The molecule has 0 saturated heterocycles. The summed E-state index contributed by atoms with van der Waals surface area (Å²) in [4.78, 5) is 44.9. The lowest BCUT2D eigenvalue weighted by molar-refractivity contribution is -0.166. The Bertz CT molecular complexity index is 946. The van der Waals surface area contributed by atoms with Crippen LogP contribution in [0.5, 0.6) is 11.5 Å². The molecular formula is C24H28N2O10. The number of ether oxygens (including phenoxy) is 6. The van der Waals surface area contributed by atoms with Gasteiger partial charge in [0.1, 0.15) is 37.8 Å². The van der Waals surface area contributed by atoms with E-state index in [9.17, 15) is 19.2 Å². The summed E-state index contributed by atoms with van der Waals surface area (Å²) in [5, 5.41) is 5.81. The summed E-state index contributed by atoms with van der Waals surface area (Å²) in [6.45, 7) is 1.60. The summed E-state index contributed by atoms with van der Waals surface area (Å²) < 4.78 is 30.2. The number of nitrogens with one attached hydrogen (secondary N) is 2. The van der Waals surface area contributed by atoms with E-state index in [0.717, 1.165) is 0 Å². The lowest BCUT2D eigenvalue weighted by atomic mass is 10.3. The van der Waals surface area contributed by atoms with Gasteiger partial charge in [-0.3, -0.25) is 19.2 Å². The van der Waals surface area contributed by atoms with E-state index in [4.69, 9.17) is 18.9 Å². The van der Waals surface area contributed by atoms with E-state index >= 15 is 0 Å². The third-order valence-electron chi connectivity index (χ3n) is 4.18. The molecule has 2 aromatic carbocycles. The predicted octanol–water partition coefficient (Wildman–Crippen LogP) is 2.10. The molecule has 0 aromatic heterocycles. The van der Waals surface area contributed by atoms with E-state index in [1.807, 2.05) is 0 Å². The molecule has 194 valence electrons. The van der Waals surface area contributed by atoms with Gasteiger partial charge in [0.2, 0.25) is 13.6 Å². The van der Waals surface area contributed by atoms with Crippen molar-refractivity contribution in [3.8, 4) is 11.5 Å². The summed E-state index contributed by atoms with van der Waals surface area (Å²) >= 11 is 0. The van der Waals surface area contributed by atoms with Crippen molar-refractivity contribution in [3.05, 3.63) is 48.5 Å². The average molecular weight is 504 g/mol. The van der Waals surface area contributed by atoms with Crippen molar-refractivity contribution in [2.24, 2.45) is 0 Å². The van der Waals surface area contributed by atoms with Crippen LogP contribution in [0.1, 0.15) is 13.8 Å². The Balaban J connectivity index is 1.77. The number of anilines is 2. The number of hydrogen-bond donors (Lipinski definition) is 2. The summed E-state index contributed by atoms with van der Waals surface area (Å²) in [5.74, 6) is -1.31. The van der Waals surface area contributed by atoms with Crippen molar-refractivity contribution in [1.82, 2.24) is 0 Å². The van der Waals surface area contributed by atoms with Crippen LogP contribution in [0.25, 0.3) is 0 Å². The van der Waals surface area contributed by atoms with E-state index in [1.54, 1.807) is 48.5 Å². The first-order valence-electron chi connectivity index (χ1n) is 10.8. The van der Waals surface area contributed by atoms with Crippen molar-refractivity contribution in [1.29, 1.82) is 0 Å². The SMILES string of the molecule is CC(=O)OCOC(=O)CNc1ccccc1OCCOc1ccccc1NCC(=O)OCOC(C)=O. The summed E-state index contributed by atoms with van der Waals surface area (Å²) in [5.41, 5.74) is 1.13. The standard InChI is InChI=1S/C24H28N2O10/c1-17(27)33-15-35-23(29)13-25-19-7-3-5-9-21(19)31-11-12-32-22-10-6-4-8-20(22)26-14-24(30)36-16-34-18(2)28/h3-10,25-26H,11-16H2,1-2H3. The van der Waals surface area contributed by atoms with Crippen LogP contribution in [0.4, 0.5) is 11.4 Å². The monoisotopic (exact) mass is 504 g/mol. The zero-order valence-corrected chi connectivity index (χ0v) is 19.9. The van der Waals surface area contributed by atoms with Crippen molar-refractivity contribution in [2.45, 2.75) is 13.8 Å². The largest absolute Gasteiger partial charge is 0.488 e. The molecule has 2 rings (SSSR count). The third-order valence-corrected chi connectivity index (χ3v) is 4.18. The van der Waals surface area contributed by atoms with Crippen LogP contribution in [-0.4, -0.2) is 63.8 Å². The fraction of sp³-hybridized carbons (Fsp3) is 0.333. The van der Waals surface area contributed by atoms with Gasteiger partial charge in [-0.15, -0.1) is 0 Å². The molecule has 0 aliphatic carbocycles. The first kappa shape index (κ1) is 27.8. The van der Waals surface area contributed by atoms with Crippen molar-refractivity contribution in [2.75, 3.05) is 50.5 Å². The van der Waals surface area contributed by atoms with Crippen LogP contribution in [0.3, 0.4) is 0 Å². The number of carbonyl (C=O) groups excluding carboxylic acids is 4. The number of rotatable bonds is 15. The predicted molar refractivity (Wildman–Crippen MR) is 126 cm³/mol. The van der Waals surface area contributed by atoms with E-state index in [1.165, 1.54) is 13.8 Å². The molecule has 0 saturated carbocycles. The van der Waals surface area contributed by atoms with Crippen LogP contribution >= 0.6 is 0 Å². The molecule has 12 heteroatoms. The van der Waals surface area contributed by atoms with Gasteiger partial charge in [-0.25, -0.2) is 0 Å². The van der Waals surface area contributed by atoms with Crippen LogP contribution in [-0.2, 0) is 38.1 Å². The number of benzene rings is 2. The Kier molecular flexibility index (Phi) is 11.9. The molecule has 0 atom stereocenters. The van der Waals surface area contributed by atoms with Gasteiger partial charge < -0.3 is 39.1 Å². The highest BCUT2D eigenvalue weighted by molar-refractivity contribution is 5.76. The van der Waals surface area contributed by atoms with E-state index in [2.05, 4.69) is 20.1 Å². The number of carbonyl (C=O) groups is 4. The molecular weight excluding hydrogens is 476 g/mol. The van der Waals surface area contributed by atoms with Crippen LogP contribution < -0.4 is 20.1 Å². The zero-order chi connectivity index (χ0) is 26.2. The Morgan fingerprint density at radius 2 is 1.00 bits per heavy atom. The zero-order valence-electron chi connectivity index (χ0n) is 19.9. The highest BCUT2D eigenvalue weighted by atomic mass is 16.7. The van der Waals surface area contributed by atoms with Gasteiger partial charge in [-0.1, -0.05) is 24.3 Å². The molecule has 2 N–H and O–H groups in total. The Labute approximate surface area is 207 Å². The first-order chi connectivity index (χ1) is 17.3. The van der Waals surface area contributed by atoms with Gasteiger partial charge in [0.05, 0.1) is 11.4 Å². The lowest BCUT2D eigenvalue weighted by Crippen LogP contribution is -2.20. The molecule has 0 heterocycles. The van der Waals surface area contributed by atoms with E-state index < -0.39 is 37.5 Å². The highest BCUT2D eigenvalue weighted by Crippen LogP contribution is 2.25. The van der Waals surface area contributed by atoms with Crippen LogP contribution in [0.2, 0.25) is 0 Å². The number of para-hydroxylation sites is 4. The molecule has 12 nitrogen and oxygen atoms in total. The van der Waals surface area contributed by atoms with Crippen molar-refractivity contribution >= 4 is 35.3 Å². The van der Waals surface area contributed by atoms with E-state index in [0.29, 0.717) is 22.9 Å². The summed E-state index contributed by atoms with van der Waals surface area (Å²) in [7, 11) is 0. The van der Waals surface area contributed by atoms with Crippen molar-refractivity contribution < 1.29 is 47.6 Å². The Morgan fingerprint density at radius 3 is 1.39 bits per heavy atom. The first-order valence-corrected chi connectivity index (χ1v) is 10.8. The molecule has 0 aliphatic heterocycles. The summed E-state index contributed by atoms with van der Waals surface area (Å²) in [6.07, 6.45) is 0. The molecule has 0 radical (unpaired) electrons. The van der Waals surface area contributed by atoms with Crippen LogP contribution in [0, 0.1) is 0 Å². The summed E-state index contributed by atoms with van der Waals surface area (Å²) in [6, 6.07) is 14.0. The molecule has 36 heavy (non-hydrogen) atoms. The fourth-order valence-corrected chi connectivity index (χ4v) is 2.57. The maximum absolute atomic E-state index is 11.7. The maximum Gasteiger partial charge on any atom is 0.328 e. The quantitative estimate of drug-likeness (QED) is 0.208. The highest BCUT2D eigenvalue weighted by Gasteiger charge is 2.09. The van der Waals surface area contributed by atoms with Gasteiger partial charge in [0.15, 0.2) is 0 Å². The van der Waals surface area contributed by atoms with Gasteiger partial charge in [-0.2, -0.15) is 0 Å². The van der Waals surface area contributed by atoms with E-state index in [-0.39, 0.29) is 26.3 Å². The molecule has 2 aromatic rings. The normalized spacial score (nSPS) is 9.94. The van der Waals surface area contributed by atoms with Crippen molar-refractivity contribution in [3.63, 3.8) is 0 Å². The molecule has 0 aliphatic rings. The number of esters is 4. The molecule has 0 fully saturated rings. The second-order valence-corrected chi connectivity index (χ2v) is 6.94. The topological polar surface area (TPSA) is 148 Å². The minimum absolute atomic E-state index is 0.152. The Morgan fingerprint density at radius 1 is 0.611 bits per heavy atom. The fourth-order valence-electron chi connectivity index (χ4n) is 2.57. The molecule has 0 amide bonds. The molecule has 0 unspecified atom stereocenters. The van der Waals surface area contributed by atoms with Gasteiger partial charge in [-0.05, 0) is 24.3 Å². The second-order valence-electron chi connectivity index (χ2n) is 6.94. The number of hydrogen-bond acceptors (Lipinski definition) is 12. The Hall–Kier alpha value is -4.48. The maximum atomic E-state index is 11.7. The van der Waals surface area contributed by atoms with Crippen LogP contribution in [0.15, 0.2) is 48.5 Å². The minimum atomic E-state index is -0.603. The van der Waals surface area contributed by atoms with Gasteiger partial charge in [0.25, 0.3) is 0 Å². The van der Waals surface area contributed by atoms with Gasteiger partial charge >= 0.3 is 23.9 Å². The van der Waals surface area contributed by atoms with Gasteiger partial charge in [0, 0.05) is 13.8 Å². The molecule has 0 spiro atoms. The lowest BCUT2D eigenvalue weighted by Gasteiger charge is -2.15.